The predicted octanol–water partition coefficient (Wildman–Crippen LogP) is 1.67. The lowest BCUT2D eigenvalue weighted by molar-refractivity contribution is -0.148. The molecule has 0 fully saturated rings. The van der Waals surface area contributed by atoms with Gasteiger partial charge in [0.2, 0.25) is 0 Å². The van der Waals surface area contributed by atoms with E-state index in [9.17, 15) is 14.3 Å². The van der Waals surface area contributed by atoms with Gasteiger partial charge in [-0.05, 0) is 24.6 Å². The van der Waals surface area contributed by atoms with Crippen molar-refractivity contribution in [2.75, 3.05) is 7.11 Å². The highest BCUT2D eigenvalue weighted by Gasteiger charge is 2.23. The molecule has 0 saturated carbocycles. The molecule has 0 aliphatic carbocycles. The van der Waals surface area contributed by atoms with E-state index in [0.29, 0.717) is 5.56 Å². The summed E-state index contributed by atoms with van der Waals surface area (Å²) in [4.78, 5) is 11.1. The highest BCUT2D eigenvalue weighted by atomic mass is 19.1. The number of carbonyl (C=O) groups excluding carboxylic acids is 1. The average molecular weight is 212 g/mol. The Morgan fingerprint density at radius 3 is 2.40 bits per heavy atom. The van der Waals surface area contributed by atoms with Crippen LogP contribution in [-0.4, -0.2) is 18.2 Å². The lowest BCUT2D eigenvalue weighted by Crippen LogP contribution is -2.20. The van der Waals surface area contributed by atoms with Crippen LogP contribution in [-0.2, 0) is 9.53 Å². The Hall–Kier alpha value is -1.42. The molecule has 0 amide bonds. The van der Waals surface area contributed by atoms with E-state index in [1.165, 1.54) is 31.4 Å². The Bertz CT molecular complexity index is 334. The first kappa shape index (κ1) is 11.7. The summed E-state index contributed by atoms with van der Waals surface area (Å²) in [7, 11) is 1.26. The van der Waals surface area contributed by atoms with Gasteiger partial charge in [-0.3, -0.25) is 4.79 Å². The summed E-state index contributed by atoms with van der Waals surface area (Å²) in [5.41, 5.74) is 0.495. The molecule has 1 rings (SSSR count). The number of benzene rings is 1. The van der Waals surface area contributed by atoms with Crippen LogP contribution in [0.2, 0.25) is 0 Å². The van der Waals surface area contributed by atoms with Gasteiger partial charge in [0.05, 0.1) is 19.1 Å². The summed E-state index contributed by atoms with van der Waals surface area (Å²) in [5.74, 6) is -1.54. The molecule has 0 saturated heterocycles. The zero-order chi connectivity index (χ0) is 11.4. The smallest absolute Gasteiger partial charge is 0.311 e. The van der Waals surface area contributed by atoms with Gasteiger partial charge in [0.15, 0.2) is 0 Å². The number of halogens is 1. The Balaban J connectivity index is 2.80. The first-order valence-corrected chi connectivity index (χ1v) is 4.57. The number of ether oxygens (including phenoxy) is 1. The maximum Gasteiger partial charge on any atom is 0.311 e. The van der Waals surface area contributed by atoms with E-state index in [1.807, 2.05) is 0 Å². The molecule has 4 heteroatoms. The van der Waals surface area contributed by atoms with Crippen LogP contribution in [0.5, 0.6) is 0 Å². The summed E-state index contributed by atoms with van der Waals surface area (Å²) in [6.07, 6.45) is -0.974. The number of methoxy groups -OCH3 is 1. The van der Waals surface area contributed by atoms with E-state index in [1.54, 1.807) is 6.92 Å². The quantitative estimate of drug-likeness (QED) is 0.775. The van der Waals surface area contributed by atoms with Crippen molar-refractivity contribution in [2.45, 2.75) is 13.0 Å². The van der Waals surface area contributed by atoms with Crippen molar-refractivity contribution in [1.29, 1.82) is 0 Å². The van der Waals surface area contributed by atoms with Crippen LogP contribution in [0.4, 0.5) is 4.39 Å². The van der Waals surface area contributed by atoms with Crippen LogP contribution in [0.1, 0.15) is 18.6 Å². The Morgan fingerprint density at radius 2 is 1.93 bits per heavy atom. The normalized spacial score (nSPS) is 14.4. The minimum absolute atomic E-state index is 0.378. The Kier molecular flexibility index (Phi) is 3.80. The second kappa shape index (κ2) is 4.89. The van der Waals surface area contributed by atoms with E-state index >= 15 is 0 Å². The van der Waals surface area contributed by atoms with Crippen LogP contribution in [0.25, 0.3) is 0 Å². The standard InChI is InChI=1S/C11H13FO3/c1-7(11(14)15-2)10(13)8-3-5-9(12)6-4-8/h3-7,10,13H,1-2H3/t7-,10-/m1/s1. The van der Waals surface area contributed by atoms with Crippen molar-refractivity contribution in [2.24, 2.45) is 5.92 Å². The molecular weight excluding hydrogens is 199 g/mol. The zero-order valence-corrected chi connectivity index (χ0v) is 8.61. The fourth-order valence-corrected chi connectivity index (χ4v) is 1.26. The van der Waals surface area contributed by atoms with Crippen molar-refractivity contribution in [3.8, 4) is 0 Å². The number of esters is 1. The minimum Gasteiger partial charge on any atom is -0.469 e. The third-order valence-corrected chi connectivity index (χ3v) is 2.26. The lowest BCUT2D eigenvalue weighted by atomic mass is 9.98. The van der Waals surface area contributed by atoms with Crippen molar-refractivity contribution >= 4 is 5.97 Å². The van der Waals surface area contributed by atoms with Crippen molar-refractivity contribution in [3.05, 3.63) is 35.6 Å². The van der Waals surface area contributed by atoms with E-state index < -0.39 is 18.0 Å². The molecule has 0 unspecified atom stereocenters. The molecule has 1 aromatic carbocycles. The van der Waals surface area contributed by atoms with Crippen molar-refractivity contribution in [3.63, 3.8) is 0 Å². The van der Waals surface area contributed by atoms with Gasteiger partial charge in [-0.25, -0.2) is 4.39 Å². The van der Waals surface area contributed by atoms with Crippen molar-refractivity contribution < 1.29 is 19.0 Å². The molecular formula is C11H13FO3. The molecule has 82 valence electrons. The molecule has 0 radical (unpaired) electrons. The van der Waals surface area contributed by atoms with E-state index in [2.05, 4.69) is 4.74 Å². The largest absolute Gasteiger partial charge is 0.469 e. The number of hydrogen-bond donors (Lipinski definition) is 1. The van der Waals surface area contributed by atoms with Gasteiger partial charge in [0.25, 0.3) is 0 Å². The molecule has 0 spiro atoms. The highest BCUT2D eigenvalue weighted by molar-refractivity contribution is 5.72. The second-order valence-electron chi connectivity index (χ2n) is 3.31. The maximum absolute atomic E-state index is 12.6. The van der Waals surface area contributed by atoms with Gasteiger partial charge in [-0.1, -0.05) is 12.1 Å². The van der Waals surface area contributed by atoms with Crippen LogP contribution >= 0.6 is 0 Å². The molecule has 1 aromatic rings. The maximum atomic E-state index is 12.6. The number of carbonyl (C=O) groups is 1. The van der Waals surface area contributed by atoms with Gasteiger partial charge in [-0.2, -0.15) is 0 Å². The average Bonchev–Trinajstić information content (AvgIpc) is 2.27. The highest BCUT2D eigenvalue weighted by Crippen LogP contribution is 2.22. The van der Waals surface area contributed by atoms with Gasteiger partial charge >= 0.3 is 5.97 Å². The van der Waals surface area contributed by atoms with Crippen LogP contribution in [0.15, 0.2) is 24.3 Å². The van der Waals surface area contributed by atoms with Crippen molar-refractivity contribution in [1.82, 2.24) is 0 Å². The summed E-state index contributed by atoms with van der Waals surface area (Å²) in [5, 5.41) is 9.76. The summed E-state index contributed by atoms with van der Waals surface area (Å²) < 4.78 is 17.1. The van der Waals surface area contributed by atoms with Crippen LogP contribution in [0, 0.1) is 11.7 Å². The zero-order valence-electron chi connectivity index (χ0n) is 8.61. The number of rotatable bonds is 3. The minimum atomic E-state index is -0.974. The molecule has 0 aliphatic heterocycles. The lowest BCUT2D eigenvalue weighted by Gasteiger charge is -2.16. The van der Waals surface area contributed by atoms with Gasteiger partial charge in [0.1, 0.15) is 5.82 Å². The summed E-state index contributed by atoms with van der Waals surface area (Å²) in [6.45, 7) is 1.56. The number of hydrogen-bond acceptors (Lipinski definition) is 3. The molecule has 0 aliphatic rings. The van der Waals surface area contributed by atoms with E-state index in [-0.39, 0.29) is 5.82 Å². The third kappa shape index (κ3) is 2.76. The summed E-state index contributed by atoms with van der Waals surface area (Å²) >= 11 is 0. The predicted molar refractivity (Wildman–Crippen MR) is 52.5 cm³/mol. The SMILES string of the molecule is COC(=O)[C@H](C)[C@@H](O)c1ccc(F)cc1. The molecule has 0 heterocycles. The van der Waals surface area contributed by atoms with E-state index in [4.69, 9.17) is 0 Å². The molecule has 15 heavy (non-hydrogen) atoms. The Labute approximate surface area is 87.5 Å². The topological polar surface area (TPSA) is 46.5 Å². The number of aliphatic hydroxyl groups is 1. The fraction of sp³-hybridized carbons (Fsp3) is 0.364. The summed E-state index contributed by atoms with van der Waals surface area (Å²) in [6, 6.07) is 5.37. The Morgan fingerprint density at radius 1 is 1.40 bits per heavy atom. The first-order chi connectivity index (χ1) is 7.06. The fourth-order valence-electron chi connectivity index (χ4n) is 1.26. The molecule has 0 bridgehead atoms. The van der Waals surface area contributed by atoms with Crippen LogP contribution < -0.4 is 0 Å². The monoisotopic (exact) mass is 212 g/mol. The van der Waals surface area contributed by atoms with Gasteiger partial charge in [0, 0.05) is 0 Å². The van der Waals surface area contributed by atoms with Gasteiger partial charge in [-0.15, -0.1) is 0 Å². The van der Waals surface area contributed by atoms with E-state index in [0.717, 1.165) is 0 Å². The molecule has 1 N–H and O–H groups in total. The third-order valence-electron chi connectivity index (χ3n) is 2.26. The van der Waals surface area contributed by atoms with Crippen LogP contribution in [0.3, 0.4) is 0 Å². The molecule has 3 nitrogen and oxygen atoms in total. The second-order valence-corrected chi connectivity index (χ2v) is 3.31. The molecule has 2 atom stereocenters. The number of aliphatic hydroxyl groups excluding tert-OH is 1. The molecule has 0 aromatic heterocycles. The van der Waals surface area contributed by atoms with Gasteiger partial charge < -0.3 is 9.84 Å². The first-order valence-electron chi connectivity index (χ1n) is 4.57.